The molecule has 28 heavy (non-hydrogen) atoms. The molecule has 1 aromatic carbocycles. The van der Waals surface area contributed by atoms with Gasteiger partial charge in [0.2, 0.25) is 0 Å². The molecule has 0 fully saturated rings. The van der Waals surface area contributed by atoms with Crippen LogP contribution in [0.2, 0.25) is 0 Å². The van der Waals surface area contributed by atoms with Crippen LogP contribution in [-0.4, -0.2) is 37.0 Å². The first kappa shape index (κ1) is 24.9. The topological polar surface area (TPSA) is 9.23 Å². The van der Waals surface area contributed by atoms with Crippen LogP contribution in [0, 0.1) is 0 Å². The highest BCUT2D eigenvalue weighted by Gasteiger charge is 2.87. The molecule has 13 heteroatoms. The molecular formula is C15H12BrF11O. The molecule has 0 aliphatic rings. The Kier molecular flexibility index (Phi) is 6.49. The molecule has 0 bridgehead atoms. The molecule has 1 atom stereocenters. The first-order chi connectivity index (χ1) is 12.3. The van der Waals surface area contributed by atoms with Crippen LogP contribution in [0.3, 0.4) is 0 Å². The summed E-state index contributed by atoms with van der Waals surface area (Å²) in [5, 5.41) is 0. The lowest BCUT2D eigenvalue weighted by atomic mass is 9.85. The summed E-state index contributed by atoms with van der Waals surface area (Å²) in [6, 6.07) is 4.83. The van der Waals surface area contributed by atoms with Crippen molar-refractivity contribution in [2.45, 2.75) is 48.8 Å². The third-order valence-corrected chi connectivity index (χ3v) is 4.54. The predicted molar refractivity (Wildman–Crippen MR) is 79.0 cm³/mol. The Bertz CT molecular complexity index is 701. The van der Waals surface area contributed by atoms with Crippen molar-refractivity contribution in [2.24, 2.45) is 0 Å². The standard InChI is InChI=1S/C15H12BrF11O/c1-10(28-2,8-4-3-5-9(16)6-8)7-11(17,18)12(19,20)13(21,22)14(23,24)15(25,26)27/h3-6H,7H2,1-2H3. The van der Waals surface area contributed by atoms with Gasteiger partial charge in [-0.1, -0.05) is 28.1 Å². The van der Waals surface area contributed by atoms with Gasteiger partial charge in [0, 0.05) is 11.6 Å². The molecule has 0 N–H and O–H groups in total. The normalized spacial score (nSPS) is 16.8. The van der Waals surface area contributed by atoms with Crippen LogP contribution in [0.1, 0.15) is 18.9 Å². The maximum atomic E-state index is 14.1. The predicted octanol–water partition coefficient (Wildman–Crippen LogP) is 6.80. The molecule has 0 aliphatic heterocycles. The largest absolute Gasteiger partial charge is 0.460 e. The second-order valence-corrected chi connectivity index (χ2v) is 6.96. The third-order valence-electron chi connectivity index (χ3n) is 4.05. The summed E-state index contributed by atoms with van der Waals surface area (Å²) in [6.07, 6.45) is -9.51. The number of benzene rings is 1. The summed E-state index contributed by atoms with van der Waals surface area (Å²) in [5.41, 5.74) is -2.67. The number of ether oxygens (including phenoxy) is 1. The zero-order valence-electron chi connectivity index (χ0n) is 14.0. The van der Waals surface area contributed by atoms with E-state index in [0.717, 1.165) is 26.2 Å². The van der Waals surface area contributed by atoms with E-state index >= 15 is 0 Å². The van der Waals surface area contributed by atoms with E-state index in [1.807, 2.05) is 0 Å². The fraction of sp³-hybridized carbons (Fsp3) is 0.600. The van der Waals surface area contributed by atoms with Gasteiger partial charge in [-0.05, 0) is 24.6 Å². The smallest absolute Gasteiger partial charge is 0.374 e. The number of hydrogen-bond acceptors (Lipinski definition) is 1. The number of hydrogen-bond donors (Lipinski definition) is 0. The summed E-state index contributed by atoms with van der Waals surface area (Å²) in [4.78, 5) is 0. The molecule has 0 aromatic heterocycles. The Labute approximate surface area is 160 Å². The summed E-state index contributed by atoms with van der Waals surface area (Å²) in [5.74, 6) is -27.9. The number of halogens is 12. The van der Waals surface area contributed by atoms with Gasteiger partial charge in [0.15, 0.2) is 0 Å². The van der Waals surface area contributed by atoms with Crippen LogP contribution in [0.5, 0.6) is 0 Å². The Morgan fingerprint density at radius 2 is 1.32 bits per heavy atom. The Balaban J connectivity index is 3.43. The van der Waals surface area contributed by atoms with E-state index in [4.69, 9.17) is 0 Å². The van der Waals surface area contributed by atoms with E-state index in [1.165, 1.54) is 12.1 Å². The SMILES string of the molecule is COC(C)(CC(F)(F)C(F)(F)C(F)(F)C(F)(F)C(F)(F)F)c1cccc(Br)c1. The zero-order valence-corrected chi connectivity index (χ0v) is 15.5. The first-order valence-corrected chi connectivity index (χ1v) is 7.95. The van der Waals surface area contributed by atoms with Crippen LogP contribution in [0.15, 0.2) is 28.7 Å². The molecule has 0 amide bonds. The molecule has 0 aliphatic carbocycles. The summed E-state index contributed by atoms with van der Waals surface area (Å²) < 4.78 is 149. The van der Waals surface area contributed by atoms with Gasteiger partial charge in [0.25, 0.3) is 0 Å². The van der Waals surface area contributed by atoms with Crippen molar-refractivity contribution in [2.75, 3.05) is 7.11 Å². The number of rotatable bonds is 7. The average Bonchev–Trinajstić information content (AvgIpc) is 2.52. The average molecular weight is 497 g/mol. The molecule has 0 radical (unpaired) electrons. The molecule has 0 heterocycles. The Morgan fingerprint density at radius 1 is 0.821 bits per heavy atom. The van der Waals surface area contributed by atoms with Crippen molar-refractivity contribution in [3.05, 3.63) is 34.3 Å². The summed E-state index contributed by atoms with van der Waals surface area (Å²) in [7, 11) is 0.748. The molecular weight excluding hydrogens is 485 g/mol. The molecule has 1 unspecified atom stereocenters. The quantitative estimate of drug-likeness (QED) is 0.377. The van der Waals surface area contributed by atoms with Crippen molar-refractivity contribution in [3.63, 3.8) is 0 Å². The molecule has 0 spiro atoms. The van der Waals surface area contributed by atoms with E-state index in [9.17, 15) is 48.3 Å². The Hall–Kier alpha value is -1.11. The fourth-order valence-electron chi connectivity index (χ4n) is 2.25. The maximum absolute atomic E-state index is 14.1. The minimum absolute atomic E-state index is 0.245. The van der Waals surface area contributed by atoms with Gasteiger partial charge in [-0.25, -0.2) is 0 Å². The number of alkyl halides is 11. The molecule has 0 saturated heterocycles. The molecule has 1 aromatic rings. The second kappa shape index (κ2) is 7.29. The van der Waals surface area contributed by atoms with E-state index < -0.39 is 41.9 Å². The van der Waals surface area contributed by atoms with E-state index in [1.54, 1.807) is 0 Å². The van der Waals surface area contributed by atoms with Crippen molar-refractivity contribution >= 4 is 15.9 Å². The van der Waals surface area contributed by atoms with Crippen molar-refractivity contribution in [3.8, 4) is 0 Å². The van der Waals surface area contributed by atoms with Crippen LogP contribution < -0.4 is 0 Å². The van der Waals surface area contributed by atoms with Gasteiger partial charge in [-0.2, -0.15) is 48.3 Å². The lowest BCUT2D eigenvalue weighted by molar-refractivity contribution is -0.424. The van der Waals surface area contributed by atoms with Gasteiger partial charge >= 0.3 is 29.9 Å². The van der Waals surface area contributed by atoms with Gasteiger partial charge < -0.3 is 4.74 Å². The van der Waals surface area contributed by atoms with Crippen LogP contribution >= 0.6 is 15.9 Å². The lowest BCUT2D eigenvalue weighted by Crippen LogP contribution is -2.67. The third kappa shape index (κ3) is 3.96. The van der Waals surface area contributed by atoms with Crippen LogP contribution in [0.25, 0.3) is 0 Å². The Morgan fingerprint density at radius 3 is 1.71 bits per heavy atom. The highest BCUT2D eigenvalue weighted by atomic mass is 79.9. The monoisotopic (exact) mass is 496 g/mol. The van der Waals surface area contributed by atoms with E-state index in [2.05, 4.69) is 20.7 Å². The summed E-state index contributed by atoms with van der Waals surface area (Å²) >= 11 is 2.95. The second-order valence-electron chi connectivity index (χ2n) is 6.05. The maximum Gasteiger partial charge on any atom is 0.460 e. The highest BCUT2D eigenvalue weighted by molar-refractivity contribution is 9.10. The van der Waals surface area contributed by atoms with Crippen molar-refractivity contribution < 1.29 is 53.0 Å². The lowest BCUT2D eigenvalue weighted by Gasteiger charge is -2.40. The van der Waals surface area contributed by atoms with Crippen LogP contribution in [-0.2, 0) is 10.3 Å². The molecule has 1 rings (SSSR count). The fourth-order valence-corrected chi connectivity index (χ4v) is 2.65. The minimum Gasteiger partial charge on any atom is -0.374 e. The number of methoxy groups -OCH3 is 1. The minimum atomic E-state index is -7.44. The van der Waals surface area contributed by atoms with Gasteiger partial charge in [-0.15, -0.1) is 0 Å². The zero-order chi connectivity index (χ0) is 22.4. The van der Waals surface area contributed by atoms with Crippen molar-refractivity contribution in [1.29, 1.82) is 0 Å². The van der Waals surface area contributed by atoms with Crippen LogP contribution in [0.4, 0.5) is 48.3 Å². The molecule has 0 saturated carbocycles. The summed E-state index contributed by atoms with van der Waals surface area (Å²) in [6.45, 7) is 0.763. The first-order valence-electron chi connectivity index (χ1n) is 7.16. The van der Waals surface area contributed by atoms with Crippen molar-refractivity contribution in [1.82, 2.24) is 0 Å². The molecule has 162 valence electrons. The van der Waals surface area contributed by atoms with Gasteiger partial charge in [0.1, 0.15) is 0 Å². The highest BCUT2D eigenvalue weighted by Crippen LogP contribution is 2.59. The van der Waals surface area contributed by atoms with Gasteiger partial charge in [-0.3, -0.25) is 0 Å². The molecule has 1 nitrogen and oxygen atoms in total. The van der Waals surface area contributed by atoms with E-state index in [0.29, 0.717) is 0 Å². The van der Waals surface area contributed by atoms with E-state index in [-0.39, 0.29) is 10.0 Å². The van der Waals surface area contributed by atoms with Gasteiger partial charge in [0.05, 0.1) is 12.0 Å².